The number of carbonyl (C=O) groups excluding carboxylic acids is 2. The molecule has 0 heterocycles. The lowest BCUT2D eigenvalue weighted by Crippen LogP contribution is -2.23. The molecule has 0 fully saturated rings. The van der Waals surface area contributed by atoms with Crippen molar-refractivity contribution in [1.29, 1.82) is 0 Å². The van der Waals surface area contributed by atoms with E-state index in [0.717, 1.165) is 25.5 Å². The monoisotopic (exact) mass is 186 g/mol. The molecule has 0 saturated heterocycles. The van der Waals surface area contributed by atoms with Gasteiger partial charge in [0.15, 0.2) is 0 Å². The summed E-state index contributed by atoms with van der Waals surface area (Å²) >= 11 is 0. The molecule has 0 saturated carbocycles. The Morgan fingerprint density at radius 2 is 2.00 bits per heavy atom. The van der Waals surface area contributed by atoms with Gasteiger partial charge in [-0.3, -0.25) is 4.79 Å². The highest BCUT2D eigenvalue weighted by Crippen LogP contribution is 2.18. The van der Waals surface area contributed by atoms with E-state index in [9.17, 15) is 9.59 Å². The van der Waals surface area contributed by atoms with Crippen molar-refractivity contribution in [2.75, 3.05) is 0 Å². The maximum absolute atomic E-state index is 10.3. The number of hydrogen-bond acceptors (Lipinski definition) is 3. The summed E-state index contributed by atoms with van der Waals surface area (Å²) in [5, 5.41) is 0. The molecule has 0 aromatic carbocycles. The van der Waals surface area contributed by atoms with Gasteiger partial charge in [0.05, 0.1) is 0 Å². The van der Waals surface area contributed by atoms with Crippen molar-refractivity contribution in [3.05, 3.63) is 0 Å². The maximum Gasteiger partial charge on any atom is 0.293 e. The molecule has 0 rings (SSSR count). The molecular weight excluding hydrogens is 168 g/mol. The van der Waals surface area contributed by atoms with Crippen molar-refractivity contribution in [3.63, 3.8) is 0 Å². The predicted molar refractivity (Wildman–Crippen MR) is 50.3 cm³/mol. The van der Waals surface area contributed by atoms with Crippen LogP contribution in [-0.4, -0.2) is 18.4 Å². The lowest BCUT2D eigenvalue weighted by atomic mass is 9.97. The second-order valence-electron chi connectivity index (χ2n) is 3.98. The Balaban J connectivity index is 3.62. The molecule has 0 spiro atoms. The van der Waals surface area contributed by atoms with Crippen molar-refractivity contribution in [2.45, 2.75) is 45.6 Å². The molecule has 0 aromatic heterocycles. The van der Waals surface area contributed by atoms with E-state index in [4.69, 9.17) is 4.74 Å². The normalized spacial score (nSPS) is 13.5. The van der Waals surface area contributed by atoms with E-state index >= 15 is 0 Å². The van der Waals surface area contributed by atoms with Gasteiger partial charge in [0, 0.05) is 5.92 Å². The fraction of sp³-hybridized carbons (Fsp3) is 0.800. The summed E-state index contributed by atoms with van der Waals surface area (Å²) in [6.07, 6.45) is 3.51. The van der Waals surface area contributed by atoms with Gasteiger partial charge in [-0.15, -0.1) is 0 Å². The zero-order valence-electron chi connectivity index (χ0n) is 8.58. The number of carbonyl (C=O) groups is 2. The highest BCUT2D eigenvalue weighted by atomic mass is 16.5. The third-order valence-electron chi connectivity index (χ3n) is 2.04. The van der Waals surface area contributed by atoms with Crippen LogP contribution in [0.5, 0.6) is 0 Å². The summed E-state index contributed by atoms with van der Waals surface area (Å²) in [6.45, 7) is 6.10. The van der Waals surface area contributed by atoms with E-state index in [1.165, 1.54) is 0 Å². The van der Waals surface area contributed by atoms with Gasteiger partial charge >= 0.3 is 0 Å². The number of aldehydes is 1. The minimum Gasteiger partial charge on any atom is -0.462 e. The summed E-state index contributed by atoms with van der Waals surface area (Å²) in [6, 6.07) is 0. The second-order valence-corrected chi connectivity index (χ2v) is 3.98. The molecule has 0 aromatic rings. The Bertz CT molecular complexity index is 164. The van der Waals surface area contributed by atoms with E-state index in [1.54, 1.807) is 0 Å². The summed E-state index contributed by atoms with van der Waals surface area (Å²) < 4.78 is 4.88. The Morgan fingerprint density at radius 3 is 2.46 bits per heavy atom. The van der Waals surface area contributed by atoms with Gasteiger partial charge in [-0.25, -0.2) is 0 Å². The average molecular weight is 186 g/mol. The third kappa shape index (κ3) is 6.31. The molecule has 0 amide bonds. The van der Waals surface area contributed by atoms with Crippen LogP contribution in [0.4, 0.5) is 0 Å². The first-order valence-corrected chi connectivity index (χ1v) is 4.58. The van der Waals surface area contributed by atoms with Crippen LogP contribution in [0.3, 0.4) is 0 Å². The Kier molecular flexibility index (Phi) is 5.35. The Labute approximate surface area is 79.5 Å². The lowest BCUT2D eigenvalue weighted by Gasteiger charge is -2.22. The summed E-state index contributed by atoms with van der Waals surface area (Å²) in [7, 11) is 0. The molecule has 0 bridgehead atoms. The first-order valence-electron chi connectivity index (χ1n) is 4.58. The standard InChI is InChI=1S/C10H18O3/c1-9(7-11)5-4-6-10(2,3)13-8-12/h7-9H,4-6H2,1-3H3. The van der Waals surface area contributed by atoms with Gasteiger partial charge in [-0.2, -0.15) is 0 Å². The fourth-order valence-electron chi connectivity index (χ4n) is 1.11. The van der Waals surface area contributed by atoms with Gasteiger partial charge in [-0.1, -0.05) is 6.92 Å². The molecule has 13 heavy (non-hydrogen) atoms. The van der Waals surface area contributed by atoms with Crippen molar-refractivity contribution in [2.24, 2.45) is 5.92 Å². The van der Waals surface area contributed by atoms with Gasteiger partial charge in [0.2, 0.25) is 0 Å². The third-order valence-corrected chi connectivity index (χ3v) is 2.04. The van der Waals surface area contributed by atoms with Crippen molar-refractivity contribution in [1.82, 2.24) is 0 Å². The van der Waals surface area contributed by atoms with Crippen LogP contribution in [0.2, 0.25) is 0 Å². The topological polar surface area (TPSA) is 43.4 Å². The predicted octanol–water partition coefficient (Wildman–Crippen LogP) is 1.94. The largest absolute Gasteiger partial charge is 0.462 e. The van der Waals surface area contributed by atoms with Crippen molar-refractivity contribution >= 4 is 12.8 Å². The first-order chi connectivity index (χ1) is 6.02. The average Bonchev–Trinajstić information content (AvgIpc) is 2.03. The molecule has 0 N–H and O–H groups in total. The molecule has 3 heteroatoms. The molecule has 0 aliphatic carbocycles. The first kappa shape index (κ1) is 12.1. The van der Waals surface area contributed by atoms with Gasteiger partial charge in [0.1, 0.15) is 11.9 Å². The zero-order valence-corrected chi connectivity index (χ0v) is 8.58. The molecule has 0 aliphatic heterocycles. The number of hydrogen-bond donors (Lipinski definition) is 0. The smallest absolute Gasteiger partial charge is 0.293 e. The highest BCUT2D eigenvalue weighted by molar-refractivity contribution is 5.52. The van der Waals surface area contributed by atoms with E-state index in [-0.39, 0.29) is 5.92 Å². The zero-order chi connectivity index (χ0) is 10.3. The summed E-state index contributed by atoms with van der Waals surface area (Å²) in [5.41, 5.74) is -0.398. The Hall–Kier alpha value is -0.860. The van der Waals surface area contributed by atoms with Crippen LogP contribution in [0.15, 0.2) is 0 Å². The number of rotatable bonds is 7. The fourth-order valence-corrected chi connectivity index (χ4v) is 1.11. The van der Waals surface area contributed by atoms with Gasteiger partial charge < -0.3 is 9.53 Å². The van der Waals surface area contributed by atoms with Crippen LogP contribution in [0.1, 0.15) is 40.0 Å². The molecule has 1 atom stereocenters. The van der Waals surface area contributed by atoms with E-state index in [1.807, 2.05) is 20.8 Å². The quantitative estimate of drug-likeness (QED) is 0.571. The van der Waals surface area contributed by atoms with Crippen molar-refractivity contribution < 1.29 is 14.3 Å². The van der Waals surface area contributed by atoms with E-state index in [0.29, 0.717) is 6.47 Å². The SMILES string of the molecule is CC(C=O)CCCC(C)(C)OC=O. The maximum atomic E-state index is 10.3. The van der Waals surface area contributed by atoms with Crippen LogP contribution in [0, 0.1) is 5.92 Å². The minimum atomic E-state index is -0.398. The second kappa shape index (κ2) is 5.73. The van der Waals surface area contributed by atoms with Gasteiger partial charge in [0.25, 0.3) is 6.47 Å². The van der Waals surface area contributed by atoms with Crippen molar-refractivity contribution in [3.8, 4) is 0 Å². The Morgan fingerprint density at radius 1 is 1.38 bits per heavy atom. The molecular formula is C10H18O3. The summed E-state index contributed by atoms with van der Waals surface area (Å²) in [4.78, 5) is 20.4. The van der Waals surface area contributed by atoms with E-state index < -0.39 is 5.60 Å². The van der Waals surface area contributed by atoms with Crippen LogP contribution < -0.4 is 0 Å². The molecule has 76 valence electrons. The highest BCUT2D eigenvalue weighted by Gasteiger charge is 2.18. The van der Waals surface area contributed by atoms with E-state index in [2.05, 4.69) is 0 Å². The molecule has 0 aliphatic rings. The number of ether oxygens (including phenoxy) is 1. The minimum absolute atomic E-state index is 0.104. The summed E-state index contributed by atoms with van der Waals surface area (Å²) in [5.74, 6) is 0.104. The van der Waals surface area contributed by atoms with Gasteiger partial charge in [-0.05, 0) is 33.1 Å². The van der Waals surface area contributed by atoms with Crippen LogP contribution in [-0.2, 0) is 14.3 Å². The molecule has 3 nitrogen and oxygen atoms in total. The van der Waals surface area contributed by atoms with Crippen LogP contribution in [0.25, 0.3) is 0 Å². The lowest BCUT2D eigenvalue weighted by molar-refractivity contribution is -0.141. The molecule has 0 radical (unpaired) electrons. The van der Waals surface area contributed by atoms with Crippen LogP contribution >= 0.6 is 0 Å². The molecule has 1 unspecified atom stereocenters.